The van der Waals surface area contributed by atoms with Crippen LogP contribution in [0, 0.1) is 5.82 Å². The molecule has 7 heteroatoms. The van der Waals surface area contributed by atoms with Gasteiger partial charge in [-0.3, -0.25) is 9.59 Å². The zero-order valence-corrected chi connectivity index (χ0v) is 16.0. The number of benzene rings is 3. The number of rotatable bonds is 7. The summed E-state index contributed by atoms with van der Waals surface area (Å²) in [7, 11) is 0. The first kappa shape index (κ1) is 20.4. The molecule has 0 aromatic heterocycles. The third-order valence-electron chi connectivity index (χ3n) is 3.93. The number of carbonyl (C=O) groups excluding carboxylic acids is 2. The van der Waals surface area contributed by atoms with Gasteiger partial charge in [0.25, 0.3) is 5.91 Å². The minimum absolute atomic E-state index is 0.0860. The summed E-state index contributed by atoms with van der Waals surface area (Å²) in [5, 5.41) is 2.62. The van der Waals surface area contributed by atoms with Crippen LogP contribution in [0.1, 0.15) is 15.9 Å². The highest BCUT2D eigenvalue weighted by atomic mass is 35.5. The maximum absolute atomic E-state index is 13.7. The fourth-order valence-electron chi connectivity index (χ4n) is 2.43. The number of hydrogen-bond donors (Lipinski definition) is 1. The molecular weight excluding hydrogens is 397 g/mol. The third kappa shape index (κ3) is 5.80. The van der Waals surface area contributed by atoms with E-state index in [9.17, 15) is 14.0 Å². The zero-order valence-electron chi connectivity index (χ0n) is 15.2. The maximum atomic E-state index is 13.7. The van der Waals surface area contributed by atoms with Crippen molar-refractivity contribution >= 4 is 23.5 Å². The lowest BCUT2D eigenvalue weighted by molar-refractivity contribution is -0.143. The first-order valence-electron chi connectivity index (χ1n) is 8.72. The maximum Gasteiger partial charge on any atom is 0.325 e. The van der Waals surface area contributed by atoms with Gasteiger partial charge in [-0.05, 0) is 48.5 Å². The Morgan fingerprint density at radius 1 is 0.897 bits per heavy atom. The summed E-state index contributed by atoms with van der Waals surface area (Å²) in [5.74, 6) is -0.456. The van der Waals surface area contributed by atoms with E-state index >= 15 is 0 Å². The molecule has 0 unspecified atom stereocenters. The second-order valence-electron chi connectivity index (χ2n) is 5.98. The lowest BCUT2D eigenvalue weighted by atomic mass is 10.2. The van der Waals surface area contributed by atoms with E-state index < -0.39 is 17.7 Å². The fraction of sp³-hybridized carbons (Fsp3) is 0.0909. The molecule has 5 nitrogen and oxygen atoms in total. The third-order valence-corrected chi connectivity index (χ3v) is 4.28. The van der Waals surface area contributed by atoms with Crippen molar-refractivity contribution < 1.29 is 23.5 Å². The highest BCUT2D eigenvalue weighted by Gasteiger charge is 2.12. The van der Waals surface area contributed by atoms with E-state index in [2.05, 4.69) is 5.32 Å². The normalized spacial score (nSPS) is 10.3. The van der Waals surface area contributed by atoms with Crippen molar-refractivity contribution in [2.45, 2.75) is 6.61 Å². The molecule has 148 valence electrons. The Labute approximate surface area is 172 Å². The molecule has 29 heavy (non-hydrogen) atoms. The number of hydrogen-bond acceptors (Lipinski definition) is 4. The van der Waals surface area contributed by atoms with Crippen LogP contribution in [0.25, 0.3) is 0 Å². The minimum Gasteiger partial charge on any atom is -0.459 e. The topological polar surface area (TPSA) is 64.6 Å². The molecule has 3 aromatic rings. The van der Waals surface area contributed by atoms with Crippen LogP contribution in [0.4, 0.5) is 4.39 Å². The summed E-state index contributed by atoms with van der Waals surface area (Å²) < 4.78 is 24.3. The van der Waals surface area contributed by atoms with Crippen LogP contribution < -0.4 is 10.1 Å². The number of para-hydroxylation sites is 1. The van der Waals surface area contributed by atoms with E-state index in [4.69, 9.17) is 21.1 Å². The summed E-state index contributed by atoms with van der Waals surface area (Å²) in [6.07, 6.45) is 0. The van der Waals surface area contributed by atoms with Gasteiger partial charge in [0.15, 0.2) is 0 Å². The van der Waals surface area contributed by atoms with Crippen LogP contribution in [-0.2, 0) is 16.1 Å². The molecule has 0 spiro atoms. The standard InChI is InChI=1S/C22H17ClFNO4/c23-19-7-4-8-20(24)18(19)14-28-21(26)13-25-22(27)15-9-11-17(12-10-15)29-16-5-2-1-3-6-16/h1-12H,13-14H2,(H,25,27). The molecular formula is C22H17ClFNO4. The lowest BCUT2D eigenvalue weighted by Gasteiger charge is -2.09. The molecule has 0 bridgehead atoms. The van der Waals surface area contributed by atoms with Crippen LogP contribution in [0.15, 0.2) is 72.8 Å². The number of carbonyl (C=O) groups is 2. The number of esters is 1. The molecule has 3 aromatic carbocycles. The first-order valence-corrected chi connectivity index (χ1v) is 9.10. The largest absolute Gasteiger partial charge is 0.459 e. The second kappa shape index (κ2) is 9.71. The summed E-state index contributed by atoms with van der Waals surface area (Å²) >= 11 is 5.87. The van der Waals surface area contributed by atoms with Crippen LogP contribution in [0.2, 0.25) is 5.02 Å². The lowest BCUT2D eigenvalue weighted by Crippen LogP contribution is -2.30. The minimum atomic E-state index is -0.707. The predicted octanol–water partition coefficient (Wildman–Crippen LogP) is 4.74. The van der Waals surface area contributed by atoms with Crippen LogP contribution in [0.3, 0.4) is 0 Å². The second-order valence-corrected chi connectivity index (χ2v) is 6.39. The van der Waals surface area contributed by atoms with Crippen LogP contribution in [-0.4, -0.2) is 18.4 Å². The Hall–Kier alpha value is -3.38. The molecule has 0 radical (unpaired) electrons. The van der Waals surface area contributed by atoms with Crippen molar-refractivity contribution in [2.75, 3.05) is 6.54 Å². The molecule has 0 heterocycles. The highest BCUT2D eigenvalue weighted by molar-refractivity contribution is 6.31. The van der Waals surface area contributed by atoms with Gasteiger partial charge in [0.05, 0.1) is 5.02 Å². The van der Waals surface area contributed by atoms with Crippen molar-refractivity contribution in [1.82, 2.24) is 5.32 Å². The van der Waals surface area contributed by atoms with E-state index in [1.807, 2.05) is 30.3 Å². The first-order chi connectivity index (χ1) is 14.0. The zero-order chi connectivity index (χ0) is 20.6. The Bertz CT molecular complexity index is 973. The summed E-state index contributed by atoms with van der Waals surface area (Å²) in [6.45, 7) is -0.668. The van der Waals surface area contributed by atoms with E-state index in [1.54, 1.807) is 24.3 Å². The fourth-order valence-corrected chi connectivity index (χ4v) is 2.64. The smallest absolute Gasteiger partial charge is 0.325 e. The van der Waals surface area contributed by atoms with E-state index in [1.165, 1.54) is 18.2 Å². The van der Waals surface area contributed by atoms with Gasteiger partial charge in [-0.2, -0.15) is 0 Å². The van der Waals surface area contributed by atoms with Gasteiger partial charge >= 0.3 is 5.97 Å². The van der Waals surface area contributed by atoms with Crippen molar-refractivity contribution in [1.29, 1.82) is 0 Å². The van der Waals surface area contributed by atoms with Crippen molar-refractivity contribution in [2.24, 2.45) is 0 Å². The summed E-state index contributed by atoms with van der Waals surface area (Å²) in [6, 6.07) is 19.9. The Morgan fingerprint density at radius 3 is 2.28 bits per heavy atom. The molecule has 1 N–H and O–H groups in total. The van der Waals surface area contributed by atoms with E-state index in [0.29, 0.717) is 17.1 Å². The van der Waals surface area contributed by atoms with Crippen molar-refractivity contribution in [3.05, 3.63) is 94.8 Å². The van der Waals surface area contributed by atoms with Gasteiger partial charge in [-0.15, -0.1) is 0 Å². The molecule has 0 saturated carbocycles. The Morgan fingerprint density at radius 2 is 1.59 bits per heavy atom. The van der Waals surface area contributed by atoms with Crippen LogP contribution in [0.5, 0.6) is 11.5 Å². The monoisotopic (exact) mass is 413 g/mol. The average Bonchev–Trinajstić information content (AvgIpc) is 2.73. The Balaban J connectivity index is 1.48. The average molecular weight is 414 g/mol. The van der Waals surface area contributed by atoms with Gasteiger partial charge in [0.1, 0.15) is 30.5 Å². The molecule has 0 saturated heterocycles. The van der Waals surface area contributed by atoms with Gasteiger partial charge in [0, 0.05) is 11.1 Å². The quantitative estimate of drug-likeness (QED) is 0.568. The Kier molecular flexibility index (Phi) is 6.81. The molecule has 0 fully saturated rings. The number of halogens is 2. The summed E-state index contributed by atoms with van der Waals surface area (Å²) in [4.78, 5) is 24.0. The van der Waals surface area contributed by atoms with Gasteiger partial charge in [-0.1, -0.05) is 35.9 Å². The predicted molar refractivity (Wildman–Crippen MR) is 106 cm³/mol. The number of amides is 1. The van der Waals surface area contributed by atoms with Crippen LogP contribution >= 0.6 is 11.6 Å². The molecule has 0 aliphatic rings. The number of nitrogens with one attached hydrogen (secondary N) is 1. The van der Waals surface area contributed by atoms with E-state index in [-0.39, 0.29) is 23.7 Å². The number of ether oxygens (including phenoxy) is 2. The molecule has 3 rings (SSSR count). The summed E-state index contributed by atoms with van der Waals surface area (Å²) in [5.41, 5.74) is 0.443. The molecule has 1 amide bonds. The van der Waals surface area contributed by atoms with Gasteiger partial charge in [-0.25, -0.2) is 4.39 Å². The van der Waals surface area contributed by atoms with Crippen molar-refractivity contribution in [3.63, 3.8) is 0 Å². The van der Waals surface area contributed by atoms with E-state index in [0.717, 1.165) is 0 Å². The molecule has 0 atom stereocenters. The van der Waals surface area contributed by atoms with Crippen molar-refractivity contribution in [3.8, 4) is 11.5 Å². The van der Waals surface area contributed by atoms with Gasteiger partial charge in [0.2, 0.25) is 0 Å². The SMILES string of the molecule is O=C(CNC(=O)c1ccc(Oc2ccccc2)cc1)OCc1c(F)cccc1Cl. The molecule has 0 aliphatic heterocycles. The highest BCUT2D eigenvalue weighted by Crippen LogP contribution is 2.21. The molecule has 0 aliphatic carbocycles. The van der Waals surface area contributed by atoms with Gasteiger partial charge < -0.3 is 14.8 Å².